The van der Waals surface area contributed by atoms with Gasteiger partial charge in [0.05, 0.1) is 0 Å². The molecule has 0 unspecified atom stereocenters. The van der Waals surface area contributed by atoms with Crippen molar-refractivity contribution in [3.63, 3.8) is 0 Å². The van der Waals surface area contributed by atoms with E-state index in [-0.39, 0.29) is 11.0 Å². The maximum Gasteiger partial charge on any atom is 0.212 e. The van der Waals surface area contributed by atoms with Crippen molar-refractivity contribution < 1.29 is 13.4 Å². The summed E-state index contributed by atoms with van der Waals surface area (Å²) >= 11 is 0. The number of hydrogen-bond donors (Lipinski definition) is 0. The summed E-state index contributed by atoms with van der Waals surface area (Å²) in [7, 11) is 2.01. The quantitative estimate of drug-likeness (QED) is 0.528. The van der Waals surface area contributed by atoms with Crippen molar-refractivity contribution in [2.45, 2.75) is 51.5 Å². The summed E-state index contributed by atoms with van der Waals surface area (Å²) in [5.41, 5.74) is 6.20. The van der Waals surface area contributed by atoms with E-state index in [2.05, 4.69) is 36.6 Å². The zero-order chi connectivity index (χ0) is 22.2. The Morgan fingerprint density at radius 3 is 2.54 bits per heavy atom. The van der Waals surface area contributed by atoms with Gasteiger partial charge in [0.15, 0.2) is 6.20 Å². The predicted molar refractivity (Wildman–Crippen MR) is 114 cm³/mol. The van der Waals surface area contributed by atoms with Gasteiger partial charge in [-0.15, -0.1) is 0 Å². The van der Waals surface area contributed by atoms with Gasteiger partial charge in [0.1, 0.15) is 18.4 Å². The van der Waals surface area contributed by atoms with Crippen LogP contribution in [0.1, 0.15) is 47.5 Å². The Bertz CT molecular complexity index is 1210. The van der Waals surface area contributed by atoms with Crippen molar-refractivity contribution in [3.8, 4) is 28.1 Å². The van der Waals surface area contributed by atoms with Crippen molar-refractivity contribution in [1.82, 2.24) is 0 Å². The molecular weight excluding hydrogens is 342 g/mol. The molecule has 1 aromatic heterocycles. The van der Waals surface area contributed by atoms with Crippen molar-refractivity contribution in [2.24, 2.45) is 7.05 Å². The summed E-state index contributed by atoms with van der Waals surface area (Å²) in [5, 5.41) is 0. The van der Waals surface area contributed by atoms with Crippen LogP contribution in [-0.2, 0) is 12.5 Å². The molecule has 1 aliphatic carbocycles. The summed E-state index contributed by atoms with van der Waals surface area (Å²) in [4.78, 5) is 0. The number of ether oxygens (including phenoxy) is 1. The van der Waals surface area contributed by atoms with Gasteiger partial charge in [0.2, 0.25) is 5.69 Å². The zero-order valence-electron chi connectivity index (χ0n) is 20.0. The van der Waals surface area contributed by atoms with Crippen LogP contribution in [0.15, 0.2) is 54.7 Å². The fourth-order valence-electron chi connectivity index (χ4n) is 4.89. The first-order valence-electron chi connectivity index (χ1n) is 11.5. The number of pyridine rings is 1. The number of rotatable bonds is 2. The van der Waals surface area contributed by atoms with Gasteiger partial charge in [-0.1, -0.05) is 18.2 Å². The van der Waals surface area contributed by atoms with E-state index in [0.717, 1.165) is 46.5 Å². The highest BCUT2D eigenvalue weighted by Gasteiger charge is 2.62. The van der Waals surface area contributed by atoms with Crippen LogP contribution in [0.4, 0.5) is 0 Å². The van der Waals surface area contributed by atoms with Crippen molar-refractivity contribution in [2.75, 3.05) is 0 Å². The van der Waals surface area contributed by atoms with Crippen LogP contribution in [0.5, 0.6) is 5.75 Å². The summed E-state index contributed by atoms with van der Waals surface area (Å²) in [6.45, 7) is 4.10. The van der Waals surface area contributed by atoms with Crippen LogP contribution >= 0.6 is 0 Å². The molecule has 0 atom stereocenters. The highest BCUT2D eigenvalue weighted by atomic mass is 16.5. The first-order valence-corrected chi connectivity index (χ1v) is 9.98. The van der Waals surface area contributed by atoms with E-state index in [4.69, 9.17) is 8.85 Å². The topological polar surface area (TPSA) is 13.1 Å². The Labute approximate surface area is 172 Å². The van der Waals surface area contributed by atoms with E-state index in [1.54, 1.807) is 0 Å². The molecule has 2 nitrogen and oxygen atoms in total. The van der Waals surface area contributed by atoms with Gasteiger partial charge in [-0.05, 0) is 80.9 Å². The number of fused-ring (bicyclic) bond motifs is 2. The fraction of sp³-hybridized carbons (Fsp3) is 0.346. The lowest BCUT2D eigenvalue weighted by Crippen LogP contribution is -2.36. The van der Waals surface area contributed by atoms with Crippen molar-refractivity contribution in [3.05, 3.63) is 71.4 Å². The van der Waals surface area contributed by atoms with Gasteiger partial charge >= 0.3 is 0 Å². The summed E-state index contributed by atoms with van der Waals surface area (Å²) in [5.74, 6) is 0.892. The molecule has 0 N–H and O–H groups in total. The molecule has 3 aromatic rings. The number of aromatic nitrogens is 1. The second-order valence-corrected chi connectivity index (χ2v) is 8.81. The summed E-state index contributed by atoms with van der Waals surface area (Å²) < 4.78 is 32.9. The van der Waals surface area contributed by atoms with Gasteiger partial charge in [-0.25, -0.2) is 4.57 Å². The van der Waals surface area contributed by atoms with E-state index >= 15 is 0 Å². The molecule has 1 spiro atoms. The molecule has 0 saturated heterocycles. The number of nitrogens with zero attached hydrogens (tertiary/aromatic N) is 1. The predicted octanol–water partition coefficient (Wildman–Crippen LogP) is 5.66. The molecule has 5 rings (SSSR count). The molecule has 1 saturated carbocycles. The third kappa shape index (κ3) is 2.37. The molecule has 0 radical (unpaired) electrons. The van der Waals surface area contributed by atoms with E-state index in [1.165, 1.54) is 5.56 Å². The third-order valence-corrected chi connectivity index (χ3v) is 6.77. The maximum absolute atomic E-state index is 8.16. The Morgan fingerprint density at radius 1 is 1.00 bits per heavy atom. The minimum atomic E-state index is -2.20. The Hall–Kier alpha value is -2.61. The average Bonchev–Trinajstić information content (AvgIpc) is 3.46. The molecule has 1 aliphatic heterocycles. The molecule has 0 bridgehead atoms. The first-order chi connectivity index (χ1) is 14.5. The monoisotopic (exact) mass is 373 g/mol. The van der Waals surface area contributed by atoms with Crippen LogP contribution in [0, 0.1) is 13.8 Å². The minimum absolute atomic E-state index is 0.115. The van der Waals surface area contributed by atoms with Gasteiger partial charge < -0.3 is 4.74 Å². The molecule has 2 heterocycles. The lowest BCUT2D eigenvalue weighted by atomic mass is 9.83. The third-order valence-electron chi connectivity index (χ3n) is 6.77. The molecule has 142 valence electrons. The van der Waals surface area contributed by atoms with Crippen LogP contribution in [0.3, 0.4) is 0 Å². The average molecular weight is 374 g/mol. The number of hydrogen-bond acceptors (Lipinski definition) is 1. The largest absolute Gasteiger partial charge is 0.487 e. The van der Waals surface area contributed by atoms with E-state index < -0.39 is 6.85 Å². The lowest BCUT2D eigenvalue weighted by Gasteiger charge is -2.25. The second kappa shape index (κ2) is 5.70. The molecule has 2 aliphatic rings. The van der Waals surface area contributed by atoms with Gasteiger partial charge in [0, 0.05) is 32.8 Å². The van der Waals surface area contributed by atoms with Crippen LogP contribution in [-0.4, -0.2) is 5.60 Å². The number of benzene rings is 2. The molecule has 1 fully saturated rings. The SMILES string of the molecule is [2H]C([2H])([2H])c1cc(C)c(-c2cccc[n+]2C)cc1-c1ccc2c(c1)OC(C)(C)C21CC1. The van der Waals surface area contributed by atoms with Crippen molar-refractivity contribution >= 4 is 0 Å². The van der Waals surface area contributed by atoms with Gasteiger partial charge in [0.25, 0.3) is 0 Å². The summed E-state index contributed by atoms with van der Waals surface area (Å²) in [6, 6.07) is 16.2. The Morgan fingerprint density at radius 2 is 1.82 bits per heavy atom. The summed E-state index contributed by atoms with van der Waals surface area (Å²) in [6.07, 6.45) is 4.30. The molecular formula is C26H28NO+. The Balaban J connectivity index is 1.71. The van der Waals surface area contributed by atoms with Gasteiger partial charge in [-0.2, -0.15) is 0 Å². The smallest absolute Gasteiger partial charge is 0.212 e. The lowest BCUT2D eigenvalue weighted by molar-refractivity contribution is -0.660. The normalized spacial score (nSPS) is 20.1. The highest BCUT2D eigenvalue weighted by Crippen LogP contribution is 2.63. The molecule has 2 heteroatoms. The van der Waals surface area contributed by atoms with Crippen molar-refractivity contribution in [1.29, 1.82) is 0 Å². The van der Waals surface area contributed by atoms with Crippen LogP contribution in [0.2, 0.25) is 0 Å². The van der Waals surface area contributed by atoms with Gasteiger partial charge in [-0.3, -0.25) is 0 Å². The first kappa shape index (κ1) is 14.4. The van der Waals surface area contributed by atoms with E-state index in [9.17, 15) is 0 Å². The molecule has 0 amide bonds. The maximum atomic E-state index is 8.16. The highest BCUT2D eigenvalue weighted by molar-refractivity contribution is 5.77. The fourth-order valence-corrected chi connectivity index (χ4v) is 4.89. The van der Waals surface area contributed by atoms with E-state index in [0.29, 0.717) is 5.56 Å². The van der Waals surface area contributed by atoms with E-state index in [1.807, 2.05) is 50.5 Å². The minimum Gasteiger partial charge on any atom is -0.487 e. The number of aryl methyl sites for hydroxylation is 3. The zero-order valence-corrected chi connectivity index (χ0v) is 17.0. The van der Waals surface area contributed by atoms with Crippen LogP contribution in [0.25, 0.3) is 22.4 Å². The standard InChI is InChI=1S/C26H28NO/c1-17-14-18(2)21(23-8-6-7-13-27(23)5)16-20(17)19-9-10-22-24(15-19)28-25(3,4)26(22)11-12-26/h6-10,13-16H,11-12H2,1-5H3/q+1/i1D3. The Kier molecular flexibility index (Phi) is 2.93. The molecule has 28 heavy (non-hydrogen) atoms. The second-order valence-electron chi connectivity index (χ2n) is 8.81. The molecule has 2 aromatic carbocycles. The van der Waals surface area contributed by atoms with Crippen LogP contribution < -0.4 is 9.30 Å².